The van der Waals surface area contributed by atoms with Crippen molar-refractivity contribution in [3.63, 3.8) is 0 Å². The first-order valence-electron chi connectivity index (χ1n) is 6.75. The van der Waals surface area contributed by atoms with E-state index in [1.165, 1.54) is 24.5 Å². The fourth-order valence-electron chi connectivity index (χ4n) is 2.21. The lowest BCUT2D eigenvalue weighted by Crippen LogP contribution is -2.30. The summed E-state index contributed by atoms with van der Waals surface area (Å²) in [6, 6.07) is 2.90. The monoisotopic (exact) mass is 351 g/mol. The molecule has 23 heavy (non-hydrogen) atoms. The van der Waals surface area contributed by atoms with E-state index in [9.17, 15) is 9.59 Å². The molecule has 1 aliphatic rings. The molecule has 1 aliphatic heterocycles. The second-order valence-electron chi connectivity index (χ2n) is 5.10. The van der Waals surface area contributed by atoms with Gasteiger partial charge in [-0.2, -0.15) is 0 Å². The fraction of sp³-hybridized carbons (Fsp3) is 0.200. The van der Waals surface area contributed by atoms with Crippen LogP contribution in [0, 0.1) is 0 Å². The maximum absolute atomic E-state index is 12.4. The number of nitrogens with zero attached hydrogens (tertiary/aromatic N) is 3. The van der Waals surface area contributed by atoms with Gasteiger partial charge in [0, 0.05) is 18.5 Å². The summed E-state index contributed by atoms with van der Waals surface area (Å²) < 4.78 is 5.58. The SMILES string of the molecule is CC(C)Oc1cc(N2C(=O)c3nccnc3C2=O)c(Cl)cc1Cl. The van der Waals surface area contributed by atoms with Crippen LogP contribution in [-0.4, -0.2) is 27.9 Å². The van der Waals surface area contributed by atoms with Gasteiger partial charge in [-0.15, -0.1) is 0 Å². The predicted octanol–water partition coefficient (Wildman–Crippen LogP) is 3.37. The average Bonchev–Trinajstić information content (AvgIpc) is 2.74. The summed E-state index contributed by atoms with van der Waals surface area (Å²) in [5, 5.41) is 0.445. The van der Waals surface area contributed by atoms with Gasteiger partial charge in [0.25, 0.3) is 11.8 Å². The molecular weight excluding hydrogens is 341 g/mol. The van der Waals surface area contributed by atoms with E-state index in [-0.39, 0.29) is 28.2 Å². The van der Waals surface area contributed by atoms with Gasteiger partial charge < -0.3 is 4.74 Å². The molecule has 0 bridgehead atoms. The van der Waals surface area contributed by atoms with Gasteiger partial charge in [-0.05, 0) is 19.9 Å². The number of benzene rings is 1. The van der Waals surface area contributed by atoms with E-state index in [0.717, 1.165) is 4.90 Å². The van der Waals surface area contributed by atoms with Gasteiger partial charge in [-0.3, -0.25) is 9.59 Å². The predicted molar refractivity (Wildman–Crippen MR) is 85.4 cm³/mol. The van der Waals surface area contributed by atoms with Crippen LogP contribution in [0.4, 0.5) is 5.69 Å². The Bertz CT molecular complexity index is 789. The number of aromatic nitrogens is 2. The van der Waals surface area contributed by atoms with Crippen LogP contribution in [-0.2, 0) is 0 Å². The molecule has 2 heterocycles. The Morgan fingerprint density at radius 3 is 2.09 bits per heavy atom. The lowest BCUT2D eigenvalue weighted by atomic mass is 10.2. The first-order chi connectivity index (χ1) is 10.9. The quantitative estimate of drug-likeness (QED) is 0.792. The lowest BCUT2D eigenvalue weighted by Gasteiger charge is -2.18. The van der Waals surface area contributed by atoms with Crippen molar-refractivity contribution in [1.82, 2.24) is 9.97 Å². The number of carbonyl (C=O) groups is 2. The Balaban J connectivity index is 2.09. The summed E-state index contributed by atoms with van der Waals surface area (Å²) in [5.41, 5.74) is 0.172. The number of halogens is 2. The van der Waals surface area contributed by atoms with Crippen molar-refractivity contribution < 1.29 is 14.3 Å². The van der Waals surface area contributed by atoms with E-state index in [1.807, 2.05) is 13.8 Å². The molecule has 2 amide bonds. The Morgan fingerprint density at radius 1 is 1.00 bits per heavy atom. The van der Waals surface area contributed by atoms with Crippen LogP contribution in [0.5, 0.6) is 5.75 Å². The molecule has 0 aliphatic carbocycles. The Kier molecular flexibility index (Phi) is 3.95. The number of carbonyl (C=O) groups excluding carboxylic acids is 2. The van der Waals surface area contributed by atoms with E-state index in [0.29, 0.717) is 10.8 Å². The highest BCUT2D eigenvalue weighted by Gasteiger charge is 2.40. The molecule has 1 aromatic carbocycles. The molecule has 0 N–H and O–H groups in total. The molecule has 0 unspecified atom stereocenters. The maximum Gasteiger partial charge on any atom is 0.286 e. The van der Waals surface area contributed by atoms with Crippen LogP contribution in [0.15, 0.2) is 24.5 Å². The van der Waals surface area contributed by atoms with E-state index >= 15 is 0 Å². The van der Waals surface area contributed by atoms with Crippen molar-refractivity contribution in [2.45, 2.75) is 20.0 Å². The van der Waals surface area contributed by atoms with Crippen molar-refractivity contribution in [2.24, 2.45) is 0 Å². The molecule has 6 nitrogen and oxygen atoms in total. The number of anilines is 1. The Hall–Kier alpha value is -2.18. The molecule has 1 aromatic heterocycles. The number of hydrogen-bond donors (Lipinski definition) is 0. The van der Waals surface area contributed by atoms with Crippen molar-refractivity contribution >= 4 is 40.7 Å². The van der Waals surface area contributed by atoms with Gasteiger partial charge in [-0.1, -0.05) is 23.2 Å². The number of fused-ring (bicyclic) bond motifs is 1. The van der Waals surface area contributed by atoms with Crippen LogP contribution in [0.3, 0.4) is 0 Å². The fourth-order valence-corrected chi connectivity index (χ4v) is 2.72. The summed E-state index contributed by atoms with van der Waals surface area (Å²) in [6.07, 6.45) is 2.57. The van der Waals surface area contributed by atoms with Gasteiger partial charge in [0.2, 0.25) is 0 Å². The van der Waals surface area contributed by atoms with Crippen molar-refractivity contribution in [3.05, 3.63) is 46.0 Å². The van der Waals surface area contributed by atoms with Gasteiger partial charge >= 0.3 is 0 Å². The number of hydrogen-bond acceptors (Lipinski definition) is 5. The first-order valence-corrected chi connectivity index (χ1v) is 7.51. The highest BCUT2D eigenvalue weighted by atomic mass is 35.5. The molecule has 118 valence electrons. The zero-order valence-electron chi connectivity index (χ0n) is 12.2. The smallest absolute Gasteiger partial charge is 0.286 e. The second-order valence-corrected chi connectivity index (χ2v) is 5.91. The molecule has 0 atom stereocenters. The van der Waals surface area contributed by atoms with E-state index in [4.69, 9.17) is 27.9 Å². The average molecular weight is 352 g/mol. The Morgan fingerprint density at radius 2 is 1.57 bits per heavy atom. The standard InChI is InChI=1S/C15H11Cl2N3O3/c1-7(2)23-11-6-10(8(16)5-9(11)17)20-14(21)12-13(15(20)22)19-4-3-18-12/h3-7H,1-2H3. The third kappa shape index (κ3) is 2.64. The molecule has 0 saturated carbocycles. The minimum atomic E-state index is -0.585. The summed E-state index contributed by atoms with van der Waals surface area (Å²) >= 11 is 12.3. The molecule has 0 spiro atoms. The number of ether oxygens (including phenoxy) is 1. The molecule has 2 aromatic rings. The highest BCUT2D eigenvalue weighted by Crippen LogP contribution is 2.39. The summed E-state index contributed by atoms with van der Waals surface area (Å²) in [5.74, 6) is -0.839. The molecule has 0 radical (unpaired) electrons. The van der Waals surface area contributed by atoms with Crippen molar-refractivity contribution in [1.29, 1.82) is 0 Å². The molecule has 8 heteroatoms. The first kappa shape index (κ1) is 15.7. The number of rotatable bonds is 3. The minimum absolute atomic E-state index is 0.00477. The zero-order valence-corrected chi connectivity index (χ0v) is 13.7. The third-order valence-corrected chi connectivity index (χ3v) is 3.71. The van der Waals surface area contributed by atoms with Crippen LogP contribution in [0.25, 0.3) is 0 Å². The minimum Gasteiger partial charge on any atom is -0.489 e. The van der Waals surface area contributed by atoms with E-state index < -0.39 is 11.8 Å². The van der Waals surface area contributed by atoms with Crippen LogP contribution in [0.1, 0.15) is 34.8 Å². The molecule has 0 saturated heterocycles. The topological polar surface area (TPSA) is 72.4 Å². The third-order valence-electron chi connectivity index (χ3n) is 3.11. The van der Waals surface area contributed by atoms with Gasteiger partial charge in [0.1, 0.15) is 5.75 Å². The van der Waals surface area contributed by atoms with E-state index in [1.54, 1.807) is 0 Å². The van der Waals surface area contributed by atoms with Gasteiger partial charge in [-0.25, -0.2) is 14.9 Å². The van der Waals surface area contributed by atoms with Crippen LogP contribution >= 0.6 is 23.2 Å². The summed E-state index contributed by atoms with van der Waals surface area (Å²) in [4.78, 5) is 33.6. The van der Waals surface area contributed by atoms with Crippen LogP contribution < -0.4 is 9.64 Å². The van der Waals surface area contributed by atoms with Crippen molar-refractivity contribution in [2.75, 3.05) is 4.90 Å². The lowest BCUT2D eigenvalue weighted by molar-refractivity contribution is 0.0923. The molecule has 3 rings (SSSR count). The second kappa shape index (κ2) is 5.79. The van der Waals surface area contributed by atoms with Gasteiger partial charge in [0.15, 0.2) is 11.4 Å². The van der Waals surface area contributed by atoms with Crippen LogP contribution in [0.2, 0.25) is 10.0 Å². The summed E-state index contributed by atoms with van der Waals surface area (Å²) in [6.45, 7) is 3.67. The summed E-state index contributed by atoms with van der Waals surface area (Å²) in [7, 11) is 0. The largest absolute Gasteiger partial charge is 0.489 e. The Labute approximate surface area is 142 Å². The molecular formula is C15H11Cl2N3O3. The number of amides is 2. The van der Waals surface area contributed by atoms with E-state index in [2.05, 4.69) is 9.97 Å². The maximum atomic E-state index is 12.4. The van der Waals surface area contributed by atoms with Gasteiger partial charge in [0.05, 0.1) is 21.8 Å². The molecule has 0 fully saturated rings. The zero-order chi connectivity index (χ0) is 16.7. The van der Waals surface area contributed by atoms with Crippen molar-refractivity contribution in [3.8, 4) is 5.75 Å². The normalized spacial score (nSPS) is 13.7. The number of imide groups is 1. The highest BCUT2D eigenvalue weighted by molar-refractivity contribution is 6.41.